The van der Waals surface area contributed by atoms with Gasteiger partial charge in [0, 0.05) is 12.6 Å². The minimum absolute atomic E-state index is 0.102. The van der Waals surface area contributed by atoms with Crippen molar-refractivity contribution in [2.75, 3.05) is 12.4 Å². The van der Waals surface area contributed by atoms with Gasteiger partial charge in [-0.3, -0.25) is 0 Å². The minimum Gasteiger partial charge on any atom is -0.495 e. The molecule has 1 fully saturated rings. The molecule has 0 radical (unpaired) electrons. The van der Waals surface area contributed by atoms with E-state index in [1.165, 1.54) is 5.56 Å². The van der Waals surface area contributed by atoms with Crippen molar-refractivity contribution < 1.29 is 9.84 Å². The van der Waals surface area contributed by atoms with Crippen LogP contribution in [0.4, 0.5) is 5.13 Å². The maximum Gasteiger partial charge on any atom is 0.184 e. The first-order valence-corrected chi connectivity index (χ1v) is 11.7. The predicted octanol–water partition coefficient (Wildman–Crippen LogP) is 5.18. The van der Waals surface area contributed by atoms with Crippen LogP contribution in [0.5, 0.6) is 5.75 Å². The Morgan fingerprint density at radius 1 is 1.23 bits per heavy atom. The monoisotopic (exact) mass is 486 g/mol. The first-order valence-electron chi connectivity index (χ1n) is 10.1. The summed E-state index contributed by atoms with van der Waals surface area (Å²) in [7, 11) is 1.67. The van der Waals surface area contributed by atoms with E-state index in [0.717, 1.165) is 68.8 Å². The minimum atomic E-state index is -0.284. The number of nitrogens with zero attached hydrogens (tertiary/aromatic N) is 3. The number of ether oxygens (including phenoxy) is 1. The molecular weight excluding hydrogens is 464 g/mol. The van der Waals surface area contributed by atoms with Gasteiger partial charge in [0.2, 0.25) is 0 Å². The number of thiazole rings is 1. The average molecular weight is 487 g/mol. The Balaban J connectivity index is 1.39. The van der Waals surface area contributed by atoms with Crippen molar-refractivity contribution in [1.29, 1.82) is 0 Å². The summed E-state index contributed by atoms with van der Waals surface area (Å²) in [5.41, 5.74) is 4.14. The molecule has 0 spiro atoms. The number of hydrogen-bond acceptors (Lipinski definition) is 6. The first-order chi connectivity index (χ1) is 14.6. The molecule has 5 rings (SSSR count). The summed E-state index contributed by atoms with van der Waals surface area (Å²) in [6.07, 6.45) is 5.71. The number of imidazole rings is 1. The topological polar surface area (TPSA) is 72.2 Å². The van der Waals surface area contributed by atoms with E-state index in [2.05, 4.69) is 49.0 Å². The van der Waals surface area contributed by atoms with Crippen molar-refractivity contribution in [2.45, 2.75) is 44.4 Å². The highest BCUT2D eigenvalue weighted by Crippen LogP contribution is 2.32. The zero-order valence-corrected chi connectivity index (χ0v) is 19.0. The summed E-state index contributed by atoms with van der Waals surface area (Å²) in [5, 5.41) is 14.6. The number of nitrogens with one attached hydrogen (secondary N) is 1. The molecule has 0 bridgehead atoms. The molecule has 2 aromatic heterocycles. The highest BCUT2D eigenvalue weighted by Gasteiger charge is 2.23. The van der Waals surface area contributed by atoms with Gasteiger partial charge in [-0.25, -0.2) is 9.97 Å². The Kier molecular flexibility index (Phi) is 5.39. The summed E-state index contributed by atoms with van der Waals surface area (Å²) in [5.74, 6) is 0.794. The average Bonchev–Trinajstić information content (AvgIpc) is 3.32. The van der Waals surface area contributed by atoms with Crippen molar-refractivity contribution in [1.82, 2.24) is 14.5 Å². The van der Waals surface area contributed by atoms with Crippen LogP contribution in [-0.2, 0) is 6.54 Å². The van der Waals surface area contributed by atoms with Crippen LogP contribution in [0.25, 0.3) is 21.3 Å². The Hall–Kier alpha value is -2.16. The van der Waals surface area contributed by atoms with E-state index >= 15 is 0 Å². The number of fused-ring (bicyclic) bond motifs is 2. The molecule has 2 atom stereocenters. The van der Waals surface area contributed by atoms with Crippen LogP contribution < -0.4 is 10.1 Å². The first kappa shape index (κ1) is 19.8. The zero-order chi connectivity index (χ0) is 20.7. The molecule has 2 heterocycles. The van der Waals surface area contributed by atoms with Gasteiger partial charge in [-0.05, 0) is 52.5 Å². The van der Waals surface area contributed by atoms with E-state index in [1.807, 2.05) is 18.5 Å². The Labute approximate surface area is 187 Å². The van der Waals surface area contributed by atoms with Crippen molar-refractivity contribution in [3.8, 4) is 5.75 Å². The lowest BCUT2D eigenvalue weighted by Crippen LogP contribution is -2.36. The van der Waals surface area contributed by atoms with Crippen LogP contribution in [0.15, 0.2) is 41.1 Å². The Morgan fingerprint density at radius 3 is 2.93 bits per heavy atom. The van der Waals surface area contributed by atoms with Gasteiger partial charge in [0.25, 0.3) is 0 Å². The van der Waals surface area contributed by atoms with Gasteiger partial charge < -0.3 is 19.7 Å². The van der Waals surface area contributed by atoms with Gasteiger partial charge in [-0.15, -0.1) is 0 Å². The van der Waals surface area contributed by atoms with Crippen molar-refractivity contribution in [3.63, 3.8) is 0 Å². The molecule has 156 valence electrons. The lowest BCUT2D eigenvalue weighted by molar-refractivity contribution is 0.116. The normalized spacial score (nSPS) is 19.4. The van der Waals surface area contributed by atoms with E-state index < -0.39 is 0 Å². The fourth-order valence-corrected chi connectivity index (χ4v) is 5.59. The number of aliphatic hydroxyl groups excluding tert-OH is 1. The molecule has 0 amide bonds. The second kappa shape index (κ2) is 8.17. The molecule has 2 aromatic carbocycles. The maximum absolute atomic E-state index is 10.2. The number of benzene rings is 2. The molecule has 2 N–H and O–H groups in total. The van der Waals surface area contributed by atoms with E-state index in [9.17, 15) is 5.11 Å². The standard InChI is InChI=1S/C22H23BrN4O2S/c1-29-20-10-18-17(9-14(20)23)24-12-27(18)11-13-6-7-16-21(8-13)30-22(26-16)25-15-4-2-3-5-19(15)28/h6-10,12,15,19,28H,2-5,11H2,1H3,(H,25,26)/t15-,19+/m1/s1. The SMILES string of the molecule is COc1cc2c(cc1Br)ncn2Cc1ccc2nc(N[C@@H]3CCCC[C@@H]3O)sc2c1. The van der Waals surface area contributed by atoms with Crippen molar-refractivity contribution in [2.24, 2.45) is 0 Å². The lowest BCUT2D eigenvalue weighted by atomic mass is 9.93. The van der Waals surface area contributed by atoms with Gasteiger partial charge in [-0.1, -0.05) is 30.2 Å². The molecule has 30 heavy (non-hydrogen) atoms. The molecule has 0 saturated heterocycles. The second-order valence-corrected chi connectivity index (χ2v) is 9.66. The van der Waals surface area contributed by atoms with E-state index in [4.69, 9.17) is 9.72 Å². The van der Waals surface area contributed by atoms with Crippen LogP contribution in [0.3, 0.4) is 0 Å². The second-order valence-electron chi connectivity index (χ2n) is 7.77. The number of halogens is 1. The van der Waals surface area contributed by atoms with Gasteiger partial charge in [0.15, 0.2) is 5.13 Å². The van der Waals surface area contributed by atoms with Crippen molar-refractivity contribution >= 4 is 53.6 Å². The number of hydrogen-bond donors (Lipinski definition) is 2. The number of aromatic nitrogens is 3. The summed E-state index contributed by atoms with van der Waals surface area (Å²) < 4.78 is 9.61. The van der Waals surface area contributed by atoms with Gasteiger partial charge in [0.1, 0.15) is 5.75 Å². The molecule has 8 heteroatoms. The molecule has 1 aliphatic rings. The van der Waals surface area contributed by atoms with Gasteiger partial charge in [0.05, 0.1) is 51.3 Å². The van der Waals surface area contributed by atoms with Crippen LogP contribution in [0, 0.1) is 0 Å². The largest absolute Gasteiger partial charge is 0.495 e. The van der Waals surface area contributed by atoms with E-state index in [0.29, 0.717) is 0 Å². The highest BCUT2D eigenvalue weighted by atomic mass is 79.9. The molecule has 6 nitrogen and oxygen atoms in total. The number of anilines is 1. The molecular formula is C22H23BrN4O2S. The Morgan fingerprint density at radius 2 is 2.10 bits per heavy atom. The fraction of sp³-hybridized carbons (Fsp3) is 0.364. The lowest BCUT2D eigenvalue weighted by Gasteiger charge is -2.27. The molecule has 0 unspecified atom stereocenters. The third kappa shape index (κ3) is 3.79. The fourth-order valence-electron chi connectivity index (χ4n) is 4.11. The van der Waals surface area contributed by atoms with Crippen LogP contribution in [0.1, 0.15) is 31.2 Å². The quantitative estimate of drug-likeness (QED) is 0.406. The summed E-state index contributed by atoms with van der Waals surface area (Å²) in [6.45, 7) is 0.721. The van der Waals surface area contributed by atoms with Crippen LogP contribution in [0.2, 0.25) is 0 Å². The number of methoxy groups -OCH3 is 1. The Bertz CT molecular complexity index is 1200. The zero-order valence-electron chi connectivity index (χ0n) is 16.6. The number of aliphatic hydroxyl groups is 1. The maximum atomic E-state index is 10.2. The van der Waals surface area contributed by atoms with Crippen molar-refractivity contribution in [3.05, 3.63) is 46.7 Å². The summed E-state index contributed by atoms with van der Waals surface area (Å²) in [4.78, 5) is 9.24. The number of rotatable bonds is 5. The van der Waals surface area contributed by atoms with Gasteiger partial charge in [-0.2, -0.15) is 0 Å². The van der Waals surface area contributed by atoms with E-state index in [1.54, 1.807) is 18.4 Å². The summed E-state index contributed by atoms with van der Waals surface area (Å²) >= 11 is 5.17. The third-order valence-corrected chi connectivity index (χ3v) is 7.31. The van der Waals surface area contributed by atoms with E-state index in [-0.39, 0.29) is 12.1 Å². The molecule has 4 aromatic rings. The highest BCUT2D eigenvalue weighted by molar-refractivity contribution is 9.10. The molecule has 0 aliphatic heterocycles. The summed E-state index contributed by atoms with van der Waals surface area (Å²) in [6, 6.07) is 10.5. The smallest absolute Gasteiger partial charge is 0.184 e. The third-order valence-electron chi connectivity index (χ3n) is 5.74. The molecule has 1 saturated carbocycles. The van der Waals surface area contributed by atoms with Crippen LogP contribution >= 0.6 is 27.3 Å². The molecule has 1 aliphatic carbocycles. The predicted molar refractivity (Wildman–Crippen MR) is 125 cm³/mol. The van der Waals surface area contributed by atoms with Crippen LogP contribution in [-0.4, -0.2) is 38.9 Å². The van der Waals surface area contributed by atoms with Gasteiger partial charge >= 0.3 is 0 Å².